The van der Waals surface area contributed by atoms with Gasteiger partial charge in [0.25, 0.3) is 5.92 Å². The van der Waals surface area contributed by atoms with Crippen LogP contribution >= 0.6 is 0 Å². The molecule has 0 aromatic heterocycles. The summed E-state index contributed by atoms with van der Waals surface area (Å²) in [6.45, 7) is 3.25. The average Bonchev–Trinajstić information content (AvgIpc) is 2.18. The van der Waals surface area contributed by atoms with Crippen molar-refractivity contribution < 1.29 is 8.78 Å². The summed E-state index contributed by atoms with van der Waals surface area (Å²) in [5.41, 5.74) is 5.13. The minimum atomic E-state index is -3.04. The lowest BCUT2D eigenvalue weighted by Gasteiger charge is -2.20. The van der Waals surface area contributed by atoms with Crippen LogP contribution in [0.5, 0.6) is 0 Å². The van der Waals surface area contributed by atoms with E-state index in [0.29, 0.717) is 0 Å². The zero-order chi connectivity index (χ0) is 9.90. The van der Waals surface area contributed by atoms with Gasteiger partial charge in [0, 0.05) is 5.56 Å². The fourth-order valence-electron chi connectivity index (χ4n) is 1.00. The molecule has 1 nitrogen and oxygen atoms in total. The van der Waals surface area contributed by atoms with E-state index in [1.165, 1.54) is 12.1 Å². The van der Waals surface area contributed by atoms with Crippen molar-refractivity contribution in [2.45, 2.75) is 12.0 Å². The van der Waals surface area contributed by atoms with Crippen LogP contribution < -0.4 is 5.73 Å². The van der Waals surface area contributed by atoms with Crippen LogP contribution in [0, 0.1) is 0 Å². The number of hydrogen-bond acceptors (Lipinski definition) is 1. The molecule has 0 radical (unpaired) electrons. The van der Waals surface area contributed by atoms with Crippen LogP contribution in [0.15, 0.2) is 43.0 Å². The quantitative estimate of drug-likeness (QED) is 0.715. The summed E-state index contributed by atoms with van der Waals surface area (Å²) in [6.07, 6.45) is 1.05. The molecule has 2 N–H and O–H groups in total. The van der Waals surface area contributed by atoms with Gasteiger partial charge >= 0.3 is 0 Å². The summed E-state index contributed by atoms with van der Waals surface area (Å²) < 4.78 is 26.7. The van der Waals surface area contributed by atoms with E-state index in [-0.39, 0.29) is 5.56 Å². The molecule has 0 saturated heterocycles. The first-order valence-electron chi connectivity index (χ1n) is 3.90. The van der Waals surface area contributed by atoms with Gasteiger partial charge in [0.15, 0.2) is 0 Å². The second kappa shape index (κ2) is 3.66. The Morgan fingerprint density at radius 1 is 1.31 bits per heavy atom. The molecular weight excluding hydrogens is 172 g/mol. The highest BCUT2D eigenvalue weighted by Crippen LogP contribution is 2.30. The molecule has 13 heavy (non-hydrogen) atoms. The predicted molar refractivity (Wildman–Crippen MR) is 48.5 cm³/mol. The number of benzene rings is 1. The van der Waals surface area contributed by atoms with Crippen molar-refractivity contribution in [1.29, 1.82) is 0 Å². The van der Waals surface area contributed by atoms with E-state index in [1.807, 2.05) is 0 Å². The monoisotopic (exact) mass is 183 g/mol. The van der Waals surface area contributed by atoms with Gasteiger partial charge in [-0.1, -0.05) is 36.4 Å². The van der Waals surface area contributed by atoms with Gasteiger partial charge in [-0.3, -0.25) is 0 Å². The fourth-order valence-corrected chi connectivity index (χ4v) is 1.00. The van der Waals surface area contributed by atoms with Gasteiger partial charge in [-0.2, -0.15) is 8.78 Å². The van der Waals surface area contributed by atoms with Crippen molar-refractivity contribution in [1.82, 2.24) is 0 Å². The number of hydrogen-bond donors (Lipinski definition) is 1. The molecule has 0 aliphatic heterocycles. The van der Waals surface area contributed by atoms with E-state index in [0.717, 1.165) is 6.08 Å². The third-order valence-corrected chi connectivity index (χ3v) is 1.83. The van der Waals surface area contributed by atoms with Crippen LogP contribution in [0.25, 0.3) is 0 Å². The van der Waals surface area contributed by atoms with E-state index >= 15 is 0 Å². The molecule has 0 spiro atoms. The maximum absolute atomic E-state index is 13.4. The highest BCUT2D eigenvalue weighted by molar-refractivity contribution is 5.23. The Morgan fingerprint density at radius 3 is 2.31 bits per heavy atom. The molecule has 0 saturated carbocycles. The first-order valence-corrected chi connectivity index (χ1v) is 3.90. The molecule has 1 atom stereocenters. The van der Waals surface area contributed by atoms with Crippen LogP contribution in [-0.2, 0) is 5.92 Å². The van der Waals surface area contributed by atoms with Gasteiger partial charge in [-0.05, 0) is 0 Å². The lowest BCUT2D eigenvalue weighted by Crippen LogP contribution is -2.36. The third kappa shape index (κ3) is 1.92. The Bertz CT molecular complexity index is 282. The Labute approximate surface area is 75.9 Å². The molecule has 3 heteroatoms. The number of rotatable bonds is 3. The normalized spacial score (nSPS) is 13.8. The number of alkyl halides is 2. The molecule has 0 aliphatic carbocycles. The molecule has 1 aromatic carbocycles. The molecule has 0 heterocycles. The lowest BCUT2D eigenvalue weighted by atomic mass is 10.0. The Hall–Kier alpha value is -1.22. The fraction of sp³-hybridized carbons (Fsp3) is 0.200. The second-order valence-corrected chi connectivity index (χ2v) is 2.75. The largest absolute Gasteiger partial charge is 0.319 e. The van der Waals surface area contributed by atoms with E-state index in [1.54, 1.807) is 18.2 Å². The number of nitrogens with two attached hydrogens (primary N) is 1. The SMILES string of the molecule is C=C[C@H](N)C(F)(F)c1ccccc1. The Kier molecular flexibility index (Phi) is 2.78. The predicted octanol–water partition coefficient (Wildman–Crippen LogP) is 2.29. The van der Waals surface area contributed by atoms with Crippen LogP contribution in [0.3, 0.4) is 0 Å². The zero-order valence-electron chi connectivity index (χ0n) is 7.08. The van der Waals surface area contributed by atoms with Crippen molar-refractivity contribution in [2.24, 2.45) is 5.73 Å². The molecule has 1 rings (SSSR count). The molecule has 1 aromatic rings. The van der Waals surface area contributed by atoms with Gasteiger partial charge in [-0.15, -0.1) is 6.58 Å². The highest BCUT2D eigenvalue weighted by Gasteiger charge is 2.36. The standard InChI is InChI=1S/C10H11F2N/c1-2-9(13)10(11,12)8-6-4-3-5-7-8/h2-7,9H,1,13H2/t9-/m0/s1. The van der Waals surface area contributed by atoms with Crippen LogP contribution in [0.1, 0.15) is 5.56 Å². The average molecular weight is 183 g/mol. The van der Waals surface area contributed by atoms with Crippen molar-refractivity contribution in [3.8, 4) is 0 Å². The minimum absolute atomic E-state index is 0.0811. The molecular formula is C10H11F2N. The molecule has 0 unspecified atom stereocenters. The molecule has 0 amide bonds. The van der Waals surface area contributed by atoms with Gasteiger partial charge in [0.2, 0.25) is 0 Å². The smallest absolute Gasteiger partial charge is 0.291 e. The summed E-state index contributed by atoms with van der Waals surface area (Å²) in [7, 11) is 0. The van der Waals surface area contributed by atoms with E-state index < -0.39 is 12.0 Å². The zero-order valence-corrected chi connectivity index (χ0v) is 7.08. The first-order chi connectivity index (χ1) is 6.09. The van der Waals surface area contributed by atoms with Crippen molar-refractivity contribution in [2.75, 3.05) is 0 Å². The van der Waals surface area contributed by atoms with Crippen molar-refractivity contribution in [3.05, 3.63) is 48.6 Å². The topological polar surface area (TPSA) is 26.0 Å². The molecule has 70 valence electrons. The first kappa shape index (κ1) is 9.86. The van der Waals surface area contributed by atoms with Gasteiger partial charge in [0.1, 0.15) is 0 Å². The summed E-state index contributed by atoms with van der Waals surface area (Å²) in [6, 6.07) is 6.15. The maximum atomic E-state index is 13.4. The van der Waals surface area contributed by atoms with Gasteiger partial charge in [0.05, 0.1) is 6.04 Å². The summed E-state index contributed by atoms with van der Waals surface area (Å²) in [4.78, 5) is 0. The van der Waals surface area contributed by atoms with Crippen molar-refractivity contribution >= 4 is 0 Å². The minimum Gasteiger partial charge on any atom is -0.319 e. The summed E-state index contributed by atoms with van der Waals surface area (Å²) in [5.74, 6) is -3.04. The molecule has 0 fully saturated rings. The van der Waals surface area contributed by atoms with Gasteiger partial charge < -0.3 is 5.73 Å². The summed E-state index contributed by atoms with van der Waals surface area (Å²) >= 11 is 0. The maximum Gasteiger partial charge on any atom is 0.291 e. The summed E-state index contributed by atoms with van der Waals surface area (Å²) in [5, 5.41) is 0. The van der Waals surface area contributed by atoms with Crippen LogP contribution in [-0.4, -0.2) is 6.04 Å². The van der Waals surface area contributed by atoms with E-state index in [2.05, 4.69) is 6.58 Å². The van der Waals surface area contributed by atoms with Gasteiger partial charge in [-0.25, -0.2) is 0 Å². The number of halogens is 2. The van der Waals surface area contributed by atoms with Crippen LogP contribution in [0.4, 0.5) is 8.78 Å². The van der Waals surface area contributed by atoms with Crippen molar-refractivity contribution in [3.63, 3.8) is 0 Å². The Morgan fingerprint density at radius 2 is 1.85 bits per heavy atom. The third-order valence-electron chi connectivity index (χ3n) is 1.83. The highest BCUT2D eigenvalue weighted by atomic mass is 19.3. The Balaban J connectivity index is 3.00. The van der Waals surface area contributed by atoms with E-state index in [9.17, 15) is 8.78 Å². The van der Waals surface area contributed by atoms with Crippen LogP contribution in [0.2, 0.25) is 0 Å². The molecule has 0 bridgehead atoms. The van der Waals surface area contributed by atoms with E-state index in [4.69, 9.17) is 5.73 Å². The molecule has 0 aliphatic rings. The lowest BCUT2D eigenvalue weighted by molar-refractivity contribution is -0.0169. The second-order valence-electron chi connectivity index (χ2n) is 2.75.